The number of nitrogens with two attached hydrogens (primary N) is 1. The predicted molar refractivity (Wildman–Crippen MR) is 132 cm³/mol. The van der Waals surface area contributed by atoms with E-state index in [0.717, 1.165) is 28.5 Å². The maximum Gasteiger partial charge on any atom is 0.357 e. The Labute approximate surface area is 191 Å². The maximum atomic E-state index is 12.5. The van der Waals surface area contributed by atoms with Gasteiger partial charge in [0, 0.05) is 35.2 Å². The van der Waals surface area contributed by atoms with Crippen molar-refractivity contribution in [2.45, 2.75) is 61.3 Å². The number of hydrogen-bond donors (Lipinski definition) is 1. The largest absolute Gasteiger partial charge is 0.464 e. The van der Waals surface area contributed by atoms with E-state index in [1.165, 1.54) is 7.11 Å². The Bertz CT molecular complexity index is 1080. The number of rotatable bonds is 7. The lowest BCUT2D eigenvalue weighted by Gasteiger charge is -2.15. The van der Waals surface area contributed by atoms with Crippen molar-refractivity contribution >= 4 is 34.0 Å². The summed E-state index contributed by atoms with van der Waals surface area (Å²) >= 11 is 0. The molecule has 6 heteroatoms. The number of ketones is 1. The minimum atomic E-state index is -0.542. The average molecular weight is 438 g/mol. The molecule has 32 heavy (non-hydrogen) atoms. The van der Waals surface area contributed by atoms with E-state index in [2.05, 4.69) is 9.97 Å². The van der Waals surface area contributed by atoms with Crippen LogP contribution in [0.4, 0.5) is 5.82 Å². The smallest absolute Gasteiger partial charge is 0.357 e. The summed E-state index contributed by atoms with van der Waals surface area (Å²) in [6, 6.07) is 3.47. The second kappa shape index (κ2) is 12.5. The van der Waals surface area contributed by atoms with Crippen molar-refractivity contribution in [1.82, 2.24) is 9.97 Å². The third-order valence-electron chi connectivity index (χ3n) is 5.08. The number of methoxy groups -OCH3 is 1. The second-order valence-corrected chi connectivity index (χ2v) is 7.03. The van der Waals surface area contributed by atoms with E-state index in [0.29, 0.717) is 28.9 Å². The predicted octanol–water partition coefficient (Wildman–Crippen LogP) is 6.08. The zero-order valence-electron chi connectivity index (χ0n) is 20.5. The van der Waals surface area contributed by atoms with Crippen molar-refractivity contribution in [2.24, 2.45) is 0 Å². The molecule has 0 amide bonds. The standard InChI is InChI=1S/C24H29N3O3.C2H6/c1-7-14(4)18(21(28)9-3)10-15(5)17(8-2)19-11-16-13-26-22(25)12-20(16)27-23(19)24(29)30-6;1-2/h8,10-13H,7,9H2,1-6H3,(H2,25,26);1-2H3/b15-10-,17-8+,18-14-;. The molecule has 0 saturated carbocycles. The highest BCUT2D eigenvalue weighted by atomic mass is 16.5. The molecule has 6 nitrogen and oxygen atoms in total. The van der Waals surface area contributed by atoms with Crippen LogP contribution in [0.2, 0.25) is 0 Å². The number of hydrogen-bond acceptors (Lipinski definition) is 6. The van der Waals surface area contributed by atoms with Crippen molar-refractivity contribution in [3.05, 3.63) is 58.5 Å². The number of esters is 1. The number of fused-ring (bicyclic) bond motifs is 1. The van der Waals surface area contributed by atoms with Crippen LogP contribution in [0, 0.1) is 0 Å². The number of carbonyl (C=O) groups excluding carboxylic acids is 2. The lowest BCUT2D eigenvalue weighted by atomic mass is 9.92. The third-order valence-corrected chi connectivity index (χ3v) is 5.08. The Morgan fingerprint density at radius 3 is 2.31 bits per heavy atom. The van der Waals surface area contributed by atoms with Gasteiger partial charge in [-0.3, -0.25) is 4.79 Å². The molecule has 0 aliphatic heterocycles. The van der Waals surface area contributed by atoms with Gasteiger partial charge in [0.2, 0.25) is 0 Å². The summed E-state index contributed by atoms with van der Waals surface area (Å²) in [6.45, 7) is 13.7. The van der Waals surface area contributed by atoms with E-state index >= 15 is 0 Å². The van der Waals surface area contributed by atoms with Gasteiger partial charge in [-0.1, -0.05) is 39.3 Å². The summed E-state index contributed by atoms with van der Waals surface area (Å²) in [7, 11) is 1.32. The number of pyridine rings is 2. The van der Waals surface area contributed by atoms with Gasteiger partial charge >= 0.3 is 5.97 Å². The molecule has 2 rings (SSSR count). The Kier molecular flexibility index (Phi) is 10.5. The molecule has 2 aromatic rings. The van der Waals surface area contributed by atoms with Gasteiger partial charge in [-0.05, 0) is 50.5 Å². The van der Waals surface area contributed by atoms with Crippen molar-refractivity contribution in [1.29, 1.82) is 0 Å². The van der Waals surface area contributed by atoms with Crippen molar-refractivity contribution < 1.29 is 14.3 Å². The first-order valence-electron chi connectivity index (χ1n) is 11.0. The van der Waals surface area contributed by atoms with Crippen LogP contribution in [-0.4, -0.2) is 28.8 Å². The fourth-order valence-electron chi connectivity index (χ4n) is 3.25. The van der Waals surface area contributed by atoms with E-state index in [1.54, 1.807) is 12.3 Å². The number of ether oxygens (including phenoxy) is 1. The number of aromatic nitrogens is 2. The van der Waals surface area contributed by atoms with Gasteiger partial charge in [0.05, 0.1) is 12.6 Å². The molecule has 0 aliphatic rings. The number of anilines is 1. The molecule has 0 fully saturated rings. The van der Waals surface area contributed by atoms with E-state index < -0.39 is 5.97 Å². The lowest BCUT2D eigenvalue weighted by Crippen LogP contribution is -2.10. The first-order chi connectivity index (χ1) is 15.3. The van der Waals surface area contributed by atoms with Gasteiger partial charge in [-0.15, -0.1) is 0 Å². The summed E-state index contributed by atoms with van der Waals surface area (Å²) in [6.07, 6.45) is 6.64. The first-order valence-corrected chi connectivity index (χ1v) is 11.0. The molecule has 2 N–H and O–H groups in total. The third kappa shape index (κ3) is 6.13. The highest BCUT2D eigenvalue weighted by Gasteiger charge is 2.20. The zero-order chi connectivity index (χ0) is 24.4. The zero-order valence-corrected chi connectivity index (χ0v) is 20.5. The maximum absolute atomic E-state index is 12.5. The quantitative estimate of drug-likeness (QED) is 0.320. The van der Waals surface area contributed by atoms with Gasteiger partial charge in [0.25, 0.3) is 0 Å². The Balaban J connectivity index is 0.00000249. The molecule has 0 unspecified atom stereocenters. The topological polar surface area (TPSA) is 95.2 Å². The van der Waals surface area contributed by atoms with E-state index in [-0.39, 0.29) is 11.5 Å². The molecule has 0 atom stereocenters. The fraction of sp³-hybridized carbons (Fsp3) is 0.385. The molecule has 0 spiro atoms. The molecule has 2 aromatic heterocycles. The van der Waals surface area contributed by atoms with Crippen LogP contribution in [0.3, 0.4) is 0 Å². The molecule has 0 bridgehead atoms. The van der Waals surface area contributed by atoms with Crippen LogP contribution in [0.5, 0.6) is 0 Å². The molecule has 2 heterocycles. The monoisotopic (exact) mass is 437 g/mol. The number of carbonyl (C=O) groups is 2. The van der Waals surface area contributed by atoms with Gasteiger partial charge in [0.1, 0.15) is 5.82 Å². The number of allylic oxidation sites excluding steroid dienone is 6. The molecule has 172 valence electrons. The number of nitrogens with zero attached hydrogens (tertiary/aromatic N) is 2. The summed E-state index contributed by atoms with van der Waals surface area (Å²) in [5.41, 5.74) is 10.5. The SMILES string of the molecule is CC.C\C=C(/C(C)=C\C(C(=O)CC)=C(/C)CC)c1cc2cnc(N)cc2nc1C(=O)OC. The van der Waals surface area contributed by atoms with Crippen LogP contribution in [-0.2, 0) is 9.53 Å². The second-order valence-electron chi connectivity index (χ2n) is 7.03. The molecular formula is C26H35N3O3. The Morgan fingerprint density at radius 1 is 1.12 bits per heavy atom. The summed E-state index contributed by atoms with van der Waals surface area (Å²) in [4.78, 5) is 33.6. The molecular weight excluding hydrogens is 402 g/mol. The Morgan fingerprint density at radius 2 is 1.78 bits per heavy atom. The van der Waals surface area contributed by atoms with Crippen molar-refractivity contribution in [3.8, 4) is 0 Å². The average Bonchev–Trinajstić information content (AvgIpc) is 2.82. The van der Waals surface area contributed by atoms with Gasteiger partial charge in [-0.2, -0.15) is 0 Å². The molecule has 0 aliphatic carbocycles. The van der Waals surface area contributed by atoms with Crippen molar-refractivity contribution in [2.75, 3.05) is 12.8 Å². The molecule has 0 aromatic carbocycles. The van der Waals surface area contributed by atoms with Crippen LogP contribution in [0.25, 0.3) is 16.5 Å². The van der Waals surface area contributed by atoms with Gasteiger partial charge in [0.15, 0.2) is 11.5 Å². The van der Waals surface area contributed by atoms with Crippen LogP contribution in [0.1, 0.15) is 77.4 Å². The van der Waals surface area contributed by atoms with E-state index in [9.17, 15) is 9.59 Å². The highest BCUT2D eigenvalue weighted by molar-refractivity contribution is 6.02. The number of Topliss-reactive ketones (excluding diaryl/α,β-unsaturated/α-hetero) is 1. The van der Waals surface area contributed by atoms with Crippen LogP contribution >= 0.6 is 0 Å². The van der Waals surface area contributed by atoms with Gasteiger partial charge in [-0.25, -0.2) is 14.8 Å². The van der Waals surface area contributed by atoms with E-state index in [1.807, 2.05) is 66.7 Å². The highest BCUT2D eigenvalue weighted by Crippen LogP contribution is 2.30. The first kappa shape index (κ1) is 26.8. The minimum absolute atomic E-state index is 0.0913. The van der Waals surface area contributed by atoms with Crippen LogP contribution in [0.15, 0.2) is 47.2 Å². The molecule has 0 saturated heterocycles. The molecule has 0 radical (unpaired) electrons. The van der Waals surface area contributed by atoms with Gasteiger partial charge < -0.3 is 10.5 Å². The summed E-state index contributed by atoms with van der Waals surface area (Å²) in [5.74, 6) is -0.128. The normalized spacial score (nSPS) is 12.6. The fourth-order valence-corrected chi connectivity index (χ4v) is 3.25. The summed E-state index contributed by atoms with van der Waals surface area (Å²) < 4.78 is 4.96. The lowest BCUT2D eigenvalue weighted by molar-refractivity contribution is -0.115. The minimum Gasteiger partial charge on any atom is -0.464 e. The van der Waals surface area contributed by atoms with Crippen molar-refractivity contribution in [3.63, 3.8) is 0 Å². The summed E-state index contributed by atoms with van der Waals surface area (Å²) in [5, 5.41) is 0.754. The number of nitrogen functional groups attached to an aromatic ring is 1. The van der Waals surface area contributed by atoms with Crippen LogP contribution < -0.4 is 5.73 Å². The Hall–Kier alpha value is -3.28. The van der Waals surface area contributed by atoms with E-state index in [4.69, 9.17) is 10.5 Å².